The van der Waals surface area contributed by atoms with Gasteiger partial charge in [0.15, 0.2) is 0 Å². The summed E-state index contributed by atoms with van der Waals surface area (Å²) in [6.45, 7) is 3.10. The average Bonchev–Trinajstić information content (AvgIpc) is 2.41. The van der Waals surface area contributed by atoms with Crippen molar-refractivity contribution in [2.45, 2.75) is 11.5 Å². The van der Waals surface area contributed by atoms with E-state index in [2.05, 4.69) is 24.3 Å². The summed E-state index contributed by atoms with van der Waals surface area (Å²) in [5.74, 6) is 4.30. The van der Waals surface area contributed by atoms with E-state index in [0.29, 0.717) is 0 Å². The van der Waals surface area contributed by atoms with Crippen molar-refractivity contribution in [3.05, 3.63) is 35.4 Å². The summed E-state index contributed by atoms with van der Waals surface area (Å²) < 4.78 is 11.0. The Kier molecular flexibility index (Phi) is 7.01. The SMILES string of the molecule is c1ccc2c(c1)CSCCOCCOCCSC2. The van der Waals surface area contributed by atoms with E-state index in [1.165, 1.54) is 11.1 Å². The van der Waals surface area contributed by atoms with E-state index in [-0.39, 0.29) is 0 Å². The van der Waals surface area contributed by atoms with Crippen LogP contribution in [-0.4, -0.2) is 37.9 Å². The molecule has 0 saturated heterocycles. The lowest BCUT2D eigenvalue weighted by Crippen LogP contribution is -2.09. The van der Waals surface area contributed by atoms with Gasteiger partial charge in [0.1, 0.15) is 0 Å². The first-order chi connectivity index (χ1) is 8.97. The molecule has 0 atom stereocenters. The molecule has 0 bridgehead atoms. The fourth-order valence-electron chi connectivity index (χ4n) is 1.76. The van der Waals surface area contributed by atoms with Gasteiger partial charge in [-0.05, 0) is 11.1 Å². The van der Waals surface area contributed by atoms with E-state index in [1.54, 1.807) is 0 Å². The van der Waals surface area contributed by atoms with Crippen molar-refractivity contribution in [3.8, 4) is 0 Å². The van der Waals surface area contributed by atoms with Crippen LogP contribution < -0.4 is 0 Å². The van der Waals surface area contributed by atoms with Crippen LogP contribution in [0.2, 0.25) is 0 Å². The molecule has 0 fully saturated rings. The Bertz CT molecular complexity index is 311. The van der Waals surface area contributed by atoms with Gasteiger partial charge >= 0.3 is 0 Å². The van der Waals surface area contributed by atoms with Crippen molar-refractivity contribution >= 4 is 23.5 Å². The van der Waals surface area contributed by atoms with Crippen molar-refractivity contribution in [2.24, 2.45) is 0 Å². The second kappa shape index (κ2) is 8.86. The van der Waals surface area contributed by atoms with Gasteiger partial charge in [0.2, 0.25) is 0 Å². The Morgan fingerprint density at radius 3 is 1.72 bits per heavy atom. The molecule has 0 amide bonds. The van der Waals surface area contributed by atoms with E-state index in [4.69, 9.17) is 9.47 Å². The number of benzene rings is 1. The maximum absolute atomic E-state index is 5.51. The summed E-state index contributed by atoms with van der Waals surface area (Å²) in [7, 11) is 0. The summed E-state index contributed by atoms with van der Waals surface area (Å²) in [6.07, 6.45) is 0. The predicted octanol–water partition coefficient (Wildman–Crippen LogP) is 3.20. The molecule has 0 radical (unpaired) electrons. The number of thioether (sulfide) groups is 2. The lowest BCUT2D eigenvalue weighted by Gasteiger charge is -2.11. The van der Waals surface area contributed by atoms with Gasteiger partial charge in [-0.2, -0.15) is 23.5 Å². The Hall–Kier alpha value is -0.160. The molecule has 100 valence electrons. The molecule has 4 heteroatoms. The molecule has 1 heterocycles. The summed E-state index contributed by atoms with van der Waals surface area (Å²) >= 11 is 3.89. The highest BCUT2D eigenvalue weighted by Crippen LogP contribution is 2.21. The van der Waals surface area contributed by atoms with E-state index in [9.17, 15) is 0 Å². The molecule has 1 aliphatic rings. The first-order valence-electron chi connectivity index (χ1n) is 6.34. The van der Waals surface area contributed by atoms with Crippen LogP contribution in [0.15, 0.2) is 24.3 Å². The van der Waals surface area contributed by atoms with Crippen molar-refractivity contribution < 1.29 is 9.47 Å². The van der Waals surface area contributed by atoms with Gasteiger partial charge in [0, 0.05) is 23.0 Å². The van der Waals surface area contributed by atoms with Crippen LogP contribution in [-0.2, 0) is 21.0 Å². The first kappa shape index (κ1) is 14.3. The molecule has 2 rings (SSSR count). The highest BCUT2D eigenvalue weighted by molar-refractivity contribution is 7.98. The van der Waals surface area contributed by atoms with Crippen molar-refractivity contribution in [2.75, 3.05) is 37.9 Å². The molecule has 0 saturated carbocycles. The van der Waals surface area contributed by atoms with Gasteiger partial charge in [0.25, 0.3) is 0 Å². The van der Waals surface area contributed by atoms with E-state index >= 15 is 0 Å². The molecule has 2 nitrogen and oxygen atoms in total. The van der Waals surface area contributed by atoms with Gasteiger partial charge < -0.3 is 9.47 Å². The van der Waals surface area contributed by atoms with Crippen LogP contribution in [0.1, 0.15) is 11.1 Å². The molecule has 18 heavy (non-hydrogen) atoms. The fourth-order valence-corrected chi connectivity index (χ4v) is 3.52. The van der Waals surface area contributed by atoms with E-state index in [0.717, 1.165) is 49.4 Å². The third-order valence-corrected chi connectivity index (χ3v) is 4.69. The quantitative estimate of drug-likeness (QED) is 0.728. The molecular formula is C14H20O2S2. The Morgan fingerprint density at radius 1 is 0.722 bits per heavy atom. The van der Waals surface area contributed by atoms with Crippen molar-refractivity contribution in [3.63, 3.8) is 0 Å². The van der Waals surface area contributed by atoms with Gasteiger partial charge in [-0.1, -0.05) is 24.3 Å². The molecule has 1 aromatic rings. The topological polar surface area (TPSA) is 18.5 Å². The number of hydrogen-bond donors (Lipinski definition) is 0. The number of rotatable bonds is 0. The highest BCUT2D eigenvalue weighted by Gasteiger charge is 2.03. The highest BCUT2D eigenvalue weighted by atomic mass is 32.2. The minimum atomic E-state index is 0.724. The minimum Gasteiger partial charge on any atom is -0.378 e. The number of fused-ring (bicyclic) bond motifs is 1. The third-order valence-electron chi connectivity index (χ3n) is 2.75. The number of ether oxygens (including phenoxy) is 2. The average molecular weight is 284 g/mol. The second-order valence-electron chi connectivity index (χ2n) is 4.10. The molecule has 1 aliphatic heterocycles. The Balaban J connectivity index is 1.91. The largest absolute Gasteiger partial charge is 0.378 e. The zero-order valence-corrected chi connectivity index (χ0v) is 12.2. The summed E-state index contributed by atoms with van der Waals surface area (Å²) in [4.78, 5) is 0. The fraction of sp³-hybridized carbons (Fsp3) is 0.571. The maximum atomic E-state index is 5.51. The van der Waals surface area contributed by atoms with Gasteiger partial charge in [0.05, 0.1) is 26.4 Å². The van der Waals surface area contributed by atoms with Crippen LogP contribution in [0, 0.1) is 0 Å². The first-order valence-corrected chi connectivity index (χ1v) is 8.65. The molecule has 0 unspecified atom stereocenters. The molecule has 0 aliphatic carbocycles. The van der Waals surface area contributed by atoms with Crippen LogP contribution >= 0.6 is 23.5 Å². The van der Waals surface area contributed by atoms with E-state index in [1.807, 2.05) is 23.5 Å². The van der Waals surface area contributed by atoms with Crippen LogP contribution in [0.4, 0.5) is 0 Å². The molecule has 1 aromatic carbocycles. The van der Waals surface area contributed by atoms with Crippen LogP contribution in [0.25, 0.3) is 0 Å². The van der Waals surface area contributed by atoms with Gasteiger partial charge in [-0.15, -0.1) is 0 Å². The third kappa shape index (κ3) is 5.22. The summed E-state index contributed by atoms with van der Waals surface area (Å²) in [5, 5.41) is 0. The summed E-state index contributed by atoms with van der Waals surface area (Å²) in [6, 6.07) is 8.75. The minimum absolute atomic E-state index is 0.724. The van der Waals surface area contributed by atoms with E-state index < -0.39 is 0 Å². The molecular weight excluding hydrogens is 264 g/mol. The molecule has 0 N–H and O–H groups in total. The zero-order chi connectivity index (χ0) is 12.5. The molecule has 0 spiro atoms. The van der Waals surface area contributed by atoms with Crippen LogP contribution in [0.5, 0.6) is 0 Å². The van der Waals surface area contributed by atoms with Gasteiger partial charge in [-0.3, -0.25) is 0 Å². The summed E-state index contributed by atoms with van der Waals surface area (Å²) in [5.41, 5.74) is 2.93. The lowest BCUT2D eigenvalue weighted by molar-refractivity contribution is 0.0605. The maximum Gasteiger partial charge on any atom is 0.0700 e. The molecule has 0 aromatic heterocycles. The zero-order valence-electron chi connectivity index (χ0n) is 10.6. The van der Waals surface area contributed by atoms with Crippen LogP contribution in [0.3, 0.4) is 0 Å². The van der Waals surface area contributed by atoms with Crippen molar-refractivity contribution in [1.29, 1.82) is 0 Å². The number of hydrogen-bond acceptors (Lipinski definition) is 4. The van der Waals surface area contributed by atoms with Gasteiger partial charge in [-0.25, -0.2) is 0 Å². The smallest absolute Gasteiger partial charge is 0.0700 e. The second-order valence-corrected chi connectivity index (χ2v) is 6.31. The predicted molar refractivity (Wildman–Crippen MR) is 80.4 cm³/mol. The lowest BCUT2D eigenvalue weighted by atomic mass is 10.1. The standard InChI is InChI=1S/C14H20O2S2/c1-2-4-14-12-18-10-8-16-6-5-15-7-9-17-11-13(14)3-1/h1-4H,5-12H2. The monoisotopic (exact) mass is 284 g/mol. The Morgan fingerprint density at radius 2 is 1.22 bits per heavy atom. The Labute approximate surface area is 118 Å². The van der Waals surface area contributed by atoms with Crippen molar-refractivity contribution in [1.82, 2.24) is 0 Å². The normalized spacial score (nSPS) is 19.8.